The molecule has 0 spiro atoms. The molecule has 34 heavy (non-hydrogen) atoms. The molecule has 1 aliphatic heterocycles. The van der Waals surface area contributed by atoms with Crippen LogP contribution in [0.15, 0.2) is 89.9 Å². The molecule has 3 aromatic rings. The highest BCUT2D eigenvalue weighted by molar-refractivity contribution is 6.19. The molecule has 1 atom stereocenters. The van der Waals surface area contributed by atoms with Crippen molar-refractivity contribution >= 4 is 23.1 Å². The van der Waals surface area contributed by atoms with Gasteiger partial charge in [0.25, 0.3) is 0 Å². The molecule has 0 bridgehead atoms. The first-order chi connectivity index (χ1) is 16.5. The number of hydrogen-bond acceptors (Lipinski definition) is 4. The first-order valence-corrected chi connectivity index (χ1v) is 11.3. The molecule has 0 saturated carbocycles. The van der Waals surface area contributed by atoms with E-state index in [0.717, 1.165) is 5.56 Å². The normalized spacial score (nSPS) is 19.8. The number of nitrogens with one attached hydrogen (secondary N) is 1. The third-order valence-corrected chi connectivity index (χ3v) is 6.46. The maximum atomic E-state index is 15.2. The van der Waals surface area contributed by atoms with Gasteiger partial charge in [0.05, 0.1) is 11.9 Å². The van der Waals surface area contributed by atoms with Crippen LogP contribution in [0.4, 0.5) is 10.1 Å². The van der Waals surface area contributed by atoms with Crippen LogP contribution in [0.2, 0.25) is 0 Å². The number of benzene rings is 2. The minimum absolute atomic E-state index is 0.00720. The number of rotatable bonds is 3. The summed E-state index contributed by atoms with van der Waals surface area (Å²) in [7, 11) is 0. The molecular formula is C28H24FN3O2. The fraction of sp³-hybridized carbons (Fsp3) is 0.179. The molecule has 1 aromatic heterocycles. The molecule has 5 nitrogen and oxygen atoms in total. The Morgan fingerprint density at radius 3 is 2.56 bits per heavy atom. The van der Waals surface area contributed by atoms with Gasteiger partial charge in [-0.15, -0.1) is 0 Å². The summed E-state index contributed by atoms with van der Waals surface area (Å²) < 4.78 is 15.2. The monoisotopic (exact) mass is 453 g/mol. The molecule has 6 heteroatoms. The zero-order valence-electron chi connectivity index (χ0n) is 18.8. The van der Waals surface area contributed by atoms with E-state index in [9.17, 15) is 15.3 Å². The number of allylic oxidation sites excluding steroid dienone is 2. The molecule has 0 amide bonds. The van der Waals surface area contributed by atoms with Crippen LogP contribution in [-0.2, 0) is 4.79 Å². The molecule has 0 saturated heterocycles. The Bertz CT molecular complexity index is 1340. The van der Waals surface area contributed by atoms with Crippen molar-refractivity contribution in [2.75, 3.05) is 4.90 Å². The van der Waals surface area contributed by atoms with Crippen molar-refractivity contribution in [2.45, 2.75) is 32.1 Å². The Hall–Kier alpha value is -4.06. The first-order valence-electron chi connectivity index (χ1n) is 11.3. The van der Waals surface area contributed by atoms with E-state index in [1.165, 1.54) is 6.07 Å². The van der Waals surface area contributed by atoms with Gasteiger partial charge in [-0.1, -0.05) is 48.0 Å². The Morgan fingerprint density at radius 2 is 1.85 bits per heavy atom. The van der Waals surface area contributed by atoms with Crippen LogP contribution in [-0.4, -0.2) is 21.7 Å². The summed E-state index contributed by atoms with van der Waals surface area (Å²) in [6.45, 7) is 1.95. The van der Waals surface area contributed by atoms with Crippen LogP contribution in [0.25, 0.3) is 5.76 Å². The van der Waals surface area contributed by atoms with Crippen molar-refractivity contribution in [3.05, 3.63) is 112 Å². The lowest BCUT2D eigenvalue weighted by Crippen LogP contribution is -2.42. The number of carbonyl (C=O) groups is 1. The van der Waals surface area contributed by atoms with Crippen molar-refractivity contribution in [3.8, 4) is 0 Å². The quantitative estimate of drug-likeness (QED) is 0.471. The topological polar surface area (TPSA) is 77.3 Å². The minimum atomic E-state index is -0.884. The summed E-state index contributed by atoms with van der Waals surface area (Å²) in [4.78, 5) is 19.2. The molecule has 1 aliphatic carbocycles. The predicted octanol–water partition coefficient (Wildman–Crippen LogP) is 6.09. The second kappa shape index (κ2) is 8.71. The van der Waals surface area contributed by atoms with Gasteiger partial charge in [-0.2, -0.15) is 0 Å². The summed E-state index contributed by atoms with van der Waals surface area (Å²) in [6, 6.07) is 17.1. The van der Waals surface area contributed by atoms with Crippen LogP contribution >= 0.6 is 0 Å². The number of hydrogen-bond donors (Lipinski definition) is 2. The Labute approximate surface area is 197 Å². The third kappa shape index (κ3) is 3.61. The zero-order valence-corrected chi connectivity index (χ0v) is 18.8. The average Bonchev–Trinajstić information content (AvgIpc) is 2.84. The van der Waals surface area contributed by atoms with Gasteiger partial charge in [0.2, 0.25) is 0 Å². The second-order valence-electron chi connectivity index (χ2n) is 8.62. The highest BCUT2D eigenvalue weighted by atomic mass is 19.1. The Balaban J connectivity index is 1.84. The van der Waals surface area contributed by atoms with Crippen molar-refractivity contribution in [2.24, 2.45) is 0 Å². The highest BCUT2D eigenvalue weighted by Crippen LogP contribution is 2.48. The van der Waals surface area contributed by atoms with Crippen LogP contribution in [0.3, 0.4) is 0 Å². The molecule has 0 radical (unpaired) electrons. The first kappa shape index (κ1) is 21.8. The lowest BCUT2D eigenvalue weighted by atomic mass is 9.73. The molecule has 0 unspecified atom stereocenters. The predicted molar refractivity (Wildman–Crippen MR) is 130 cm³/mol. The molecule has 2 aliphatic rings. The van der Waals surface area contributed by atoms with E-state index in [4.69, 9.17) is 0 Å². The van der Waals surface area contributed by atoms with Gasteiger partial charge in [-0.05, 0) is 38.0 Å². The molecule has 2 N–H and O–H groups in total. The summed E-state index contributed by atoms with van der Waals surface area (Å²) in [5, 5.41) is 20.7. The molecule has 0 fully saturated rings. The second-order valence-corrected chi connectivity index (χ2v) is 8.62. The van der Waals surface area contributed by atoms with Gasteiger partial charge >= 0.3 is 0 Å². The number of halogens is 1. The molecule has 170 valence electrons. The smallest absolute Gasteiger partial charge is 0.161 e. The number of aryl methyl sites for hydroxylation is 1. The Morgan fingerprint density at radius 1 is 1.09 bits per heavy atom. The van der Waals surface area contributed by atoms with Gasteiger partial charge < -0.3 is 5.11 Å². The van der Waals surface area contributed by atoms with Crippen LogP contribution in [0.5, 0.6) is 0 Å². The van der Waals surface area contributed by atoms with E-state index in [2.05, 4.69) is 4.98 Å². The van der Waals surface area contributed by atoms with E-state index in [1.54, 1.807) is 53.7 Å². The largest absolute Gasteiger partial charge is 0.507 e. The average molecular weight is 454 g/mol. The lowest BCUT2D eigenvalue weighted by molar-refractivity contribution is -0.116. The van der Waals surface area contributed by atoms with Crippen molar-refractivity contribution in [1.82, 2.24) is 4.98 Å². The van der Waals surface area contributed by atoms with E-state index in [1.807, 2.05) is 25.1 Å². The number of amidine groups is 1. The van der Waals surface area contributed by atoms with E-state index in [-0.39, 0.29) is 28.5 Å². The summed E-state index contributed by atoms with van der Waals surface area (Å²) in [6.07, 6.45) is 4.83. The fourth-order valence-electron chi connectivity index (χ4n) is 4.85. The number of aliphatic hydroxyl groups excluding tert-OH is 1. The molecular weight excluding hydrogens is 429 g/mol. The molecule has 5 rings (SSSR count). The Kier molecular flexibility index (Phi) is 5.57. The molecule has 2 aromatic carbocycles. The summed E-state index contributed by atoms with van der Waals surface area (Å²) in [5.74, 6) is -1.59. The third-order valence-electron chi connectivity index (χ3n) is 6.46. The number of carbonyl (C=O) groups excluding carboxylic acids is 1. The van der Waals surface area contributed by atoms with Gasteiger partial charge in [0.15, 0.2) is 5.78 Å². The maximum Gasteiger partial charge on any atom is 0.161 e. The van der Waals surface area contributed by atoms with Crippen molar-refractivity contribution in [1.29, 1.82) is 5.41 Å². The minimum Gasteiger partial charge on any atom is -0.507 e. The van der Waals surface area contributed by atoms with Crippen molar-refractivity contribution < 1.29 is 14.3 Å². The van der Waals surface area contributed by atoms with Gasteiger partial charge in [0, 0.05) is 46.5 Å². The number of aromatic nitrogens is 1. The maximum absolute atomic E-state index is 15.2. The van der Waals surface area contributed by atoms with Crippen LogP contribution < -0.4 is 4.90 Å². The highest BCUT2D eigenvalue weighted by Gasteiger charge is 2.44. The number of ketones is 1. The van der Waals surface area contributed by atoms with Gasteiger partial charge in [-0.3, -0.25) is 20.1 Å². The van der Waals surface area contributed by atoms with E-state index in [0.29, 0.717) is 41.8 Å². The number of nitrogens with zero attached hydrogens (tertiary/aromatic N) is 2. The van der Waals surface area contributed by atoms with Gasteiger partial charge in [0.1, 0.15) is 17.4 Å². The number of aliphatic hydroxyl groups is 1. The SMILES string of the molecule is Cc1ccc(/C(O)=C2\C(=N)N(c3cccnc3)C3=C(C(=O)CCC3)[C@H]2c2ccccc2F)cc1. The van der Waals surface area contributed by atoms with Crippen molar-refractivity contribution in [3.63, 3.8) is 0 Å². The zero-order chi connectivity index (χ0) is 23.8. The lowest BCUT2D eigenvalue weighted by Gasteiger charge is -2.41. The van der Waals surface area contributed by atoms with E-state index < -0.39 is 11.7 Å². The number of Topliss-reactive ketones (excluding diaryl/α,β-unsaturated/α-hetero) is 1. The van der Waals surface area contributed by atoms with Crippen LogP contribution in [0, 0.1) is 18.2 Å². The fourth-order valence-corrected chi connectivity index (χ4v) is 4.85. The number of pyridine rings is 1. The van der Waals surface area contributed by atoms with Gasteiger partial charge in [-0.25, -0.2) is 4.39 Å². The summed E-state index contributed by atoms with van der Waals surface area (Å²) in [5.41, 5.74) is 3.73. The number of anilines is 1. The van der Waals surface area contributed by atoms with Crippen LogP contribution in [0.1, 0.15) is 41.9 Å². The standard InChI is InChI=1S/C28H24FN3O2/c1-17-11-13-18(14-12-17)27(34)26-24(20-7-2-3-8-21(20)29)25-22(9-4-10-23(25)33)32(28(26)30)19-6-5-15-31-16-19/h2-3,5-8,11-16,24,30,34H,4,9-10H2,1H3/b27-26+,30-28?/t24-/m1/s1. The van der Waals surface area contributed by atoms with E-state index >= 15 is 4.39 Å². The summed E-state index contributed by atoms with van der Waals surface area (Å²) >= 11 is 0. The molecule has 2 heterocycles.